The predicted molar refractivity (Wildman–Crippen MR) is 75.5 cm³/mol. The Balaban J connectivity index is 2.24. The molecule has 0 saturated carbocycles. The standard InChI is InChI=1S/C13H12BrN3O/c1-8-3-2-4-12(16-8)17-13(18)10-7-9(14)5-6-11(10)15/h2-7H,15H2,1H3,(H,16,17,18). The number of nitrogen functional groups attached to an aromatic ring is 1. The lowest BCUT2D eigenvalue weighted by molar-refractivity contribution is 0.102. The molecule has 0 bridgehead atoms. The quantitative estimate of drug-likeness (QED) is 0.838. The molecule has 3 N–H and O–H groups in total. The summed E-state index contributed by atoms with van der Waals surface area (Å²) in [6, 6.07) is 10.6. The van der Waals surface area contributed by atoms with Crippen molar-refractivity contribution >= 4 is 33.3 Å². The maximum absolute atomic E-state index is 12.0. The summed E-state index contributed by atoms with van der Waals surface area (Å²) in [4.78, 5) is 16.3. The van der Waals surface area contributed by atoms with Crippen LogP contribution in [0.3, 0.4) is 0 Å². The Morgan fingerprint density at radius 3 is 2.83 bits per heavy atom. The van der Waals surface area contributed by atoms with Gasteiger partial charge in [-0.25, -0.2) is 4.98 Å². The molecule has 18 heavy (non-hydrogen) atoms. The predicted octanol–water partition coefficient (Wildman–Crippen LogP) is 2.99. The van der Waals surface area contributed by atoms with Crippen LogP contribution >= 0.6 is 15.9 Å². The molecule has 0 radical (unpaired) electrons. The third-order valence-electron chi connectivity index (χ3n) is 2.39. The molecule has 1 amide bonds. The van der Waals surface area contributed by atoms with Gasteiger partial charge >= 0.3 is 0 Å². The van der Waals surface area contributed by atoms with Gasteiger partial charge in [0.05, 0.1) is 5.56 Å². The van der Waals surface area contributed by atoms with E-state index in [0.29, 0.717) is 17.1 Å². The van der Waals surface area contributed by atoms with Gasteiger partial charge in [0.15, 0.2) is 0 Å². The fraction of sp³-hybridized carbons (Fsp3) is 0.0769. The lowest BCUT2D eigenvalue weighted by Gasteiger charge is -2.07. The van der Waals surface area contributed by atoms with Gasteiger partial charge in [0.2, 0.25) is 0 Å². The highest BCUT2D eigenvalue weighted by atomic mass is 79.9. The van der Waals surface area contributed by atoms with Crippen molar-refractivity contribution in [2.45, 2.75) is 6.92 Å². The number of carbonyl (C=O) groups is 1. The second-order valence-electron chi connectivity index (χ2n) is 3.85. The summed E-state index contributed by atoms with van der Waals surface area (Å²) in [5.41, 5.74) is 7.47. The number of aromatic nitrogens is 1. The molecule has 0 spiro atoms. The minimum absolute atomic E-state index is 0.271. The summed E-state index contributed by atoms with van der Waals surface area (Å²) in [7, 11) is 0. The number of halogens is 1. The van der Waals surface area contributed by atoms with E-state index >= 15 is 0 Å². The molecule has 0 aliphatic rings. The van der Waals surface area contributed by atoms with Crippen LogP contribution in [-0.4, -0.2) is 10.9 Å². The third kappa shape index (κ3) is 2.87. The number of anilines is 2. The molecule has 92 valence electrons. The molecular formula is C13H12BrN3O. The Morgan fingerprint density at radius 1 is 1.33 bits per heavy atom. The van der Waals surface area contributed by atoms with Gasteiger partial charge in [-0.05, 0) is 37.3 Å². The van der Waals surface area contributed by atoms with Gasteiger partial charge in [0.1, 0.15) is 5.82 Å². The highest BCUT2D eigenvalue weighted by molar-refractivity contribution is 9.10. The Labute approximate surface area is 113 Å². The molecule has 2 aromatic rings. The molecule has 0 aliphatic carbocycles. The van der Waals surface area contributed by atoms with E-state index in [1.807, 2.05) is 19.1 Å². The monoisotopic (exact) mass is 305 g/mol. The van der Waals surface area contributed by atoms with E-state index in [2.05, 4.69) is 26.2 Å². The lowest BCUT2D eigenvalue weighted by Crippen LogP contribution is -2.15. The van der Waals surface area contributed by atoms with Gasteiger partial charge in [0.25, 0.3) is 5.91 Å². The number of nitrogens with one attached hydrogen (secondary N) is 1. The topological polar surface area (TPSA) is 68.0 Å². The van der Waals surface area contributed by atoms with Crippen molar-refractivity contribution in [3.63, 3.8) is 0 Å². The first-order chi connectivity index (χ1) is 8.56. The van der Waals surface area contributed by atoms with E-state index in [4.69, 9.17) is 5.73 Å². The van der Waals surface area contributed by atoms with Crippen LogP contribution in [0, 0.1) is 6.92 Å². The van der Waals surface area contributed by atoms with Crippen LogP contribution in [-0.2, 0) is 0 Å². The summed E-state index contributed by atoms with van der Waals surface area (Å²) in [5.74, 6) is 0.242. The van der Waals surface area contributed by atoms with Crippen molar-refractivity contribution in [2.75, 3.05) is 11.1 Å². The van der Waals surface area contributed by atoms with Gasteiger partial charge in [-0.1, -0.05) is 22.0 Å². The molecule has 0 unspecified atom stereocenters. The first-order valence-corrected chi connectivity index (χ1v) is 6.15. The molecule has 2 rings (SSSR count). The smallest absolute Gasteiger partial charge is 0.258 e. The molecular weight excluding hydrogens is 294 g/mol. The maximum Gasteiger partial charge on any atom is 0.258 e. The van der Waals surface area contributed by atoms with E-state index < -0.39 is 0 Å². The fourth-order valence-corrected chi connectivity index (χ4v) is 1.88. The van der Waals surface area contributed by atoms with Crippen molar-refractivity contribution < 1.29 is 4.79 Å². The van der Waals surface area contributed by atoms with Crippen LogP contribution in [0.25, 0.3) is 0 Å². The first-order valence-electron chi connectivity index (χ1n) is 5.36. The van der Waals surface area contributed by atoms with E-state index in [1.54, 1.807) is 24.3 Å². The zero-order chi connectivity index (χ0) is 13.1. The van der Waals surface area contributed by atoms with Crippen LogP contribution < -0.4 is 11.1 Å². The van der Waals surface area contributed by atoms with Crippen molar-refractivity contribution in [3.05, 3.63) is 52.1 Å². The fourth-order valence-electron chi connectivity index (χ4n) is 1.52. The highest BCUT2D eigenvalue weighted by Crippen LogP contribution is 2.19. The number of aryl methyl sites for hydroxylation is 1. The number of benzene rings is 1. The molecule has 0 atom stereocenters. The summed E-state index contributed by atoms with van der Waals surface area (Å²) >= 11 is 3.31. The van der Waals surface area contributed by atoms with E-state index in [1.165, 1.54) is 0 Å². The average molecular weight is 306 g/mol. The van der Waals surface area contributed by atoms with E-state index in [-0.39, 0.29) is 5.91 Å². The van der Waals surface area contributed by atoms with Crippen LogP contribution in [0.4, 0.5) is 11.5 Å². The number of amides is 1. The van der Waals surface area contributed by atoms with Gasteiger partial charge in [-0.2, -0.15) is 0 Å². The lowest BCUT2D eigenvalue weighted by atomic mass is 10.1. The van der Waals surface area contributed by atoms with Crippen LogP contribution in [0.2, 0.25) is 0 Å². The second kappa shape index (κ2) is 5.18. The van der Waals surface area contributed by atoms with Crippen molar-refractivity contribution in [1.82, 2.24) is 4.98 Å². The highest BCUT2D eigenvalue weighted by Gasteiger charge is 2.11. The zero-order valence-corrected chi connectivity index (χ0v) is 11.4. The largest absolute Gasteiger partial charge is 0.398 e. The molecule has 5 heteroatoms. The Hall–Kier alpha value is -1.88. The summed E-state index contributed by atoms with van der Waals surface area (Å²) < 4.78 is 0.805. The number of carbonyl (C=O) groups excluding carboxylic acids is 1. The number of nitrogens with zero attached hydrogens (tertiary/aromatic N) is 1. The van der Waals surface area contributed by atoms with Crippen LogP contribution in [0.1, 0.15) is 16.1 Å². The van der Waals surface area contributed by atoms with Crippen LogP contribution in [0.15, 0.2) is 40.9 Å². The van der Waals surface area contributed by atoms with E-state index in [9.17, 15) is 4.79 Å². The Bertz CT molecular complexity index is 599. The number of pyridine rings is 1. The zero-order valence-electron chi connectivity index (χ0n) is 9.77. The molecule has 0 fully saturated rings. The average Bonchev–Trinajstić information content (AvgIpc) is 2.32. The van der Waals surface area contributed by atoms with Crippen molar-refractivity contribution in [2.24, 2.45) is 0 Å². The summed E-state index contributed by atoms with van der Waals surface area (Å²) in [5, 5.41) is 2.72. The minimum atomic E-state index is -0.271. The maximum atomic E-state index is 12.0. The first kappa shape index (κ1) is 12.6. The van der Waals surface area contributed by atoms with E-state index in [0.717, 1.165) is 10.2 Å². The number of hydrogen-bond donors (Lipinski definition) is 2. The van der Waals surface area contributed by atoms with Gasteiger partial charge in [0, 0.05) is 15.9 Å². The molecule has 0 aliphatic heterocycles. The Morgan fingerprint density at radius 2 is 2.11 bits per heavy atom. The number of rotatable bonds is 2. The number of nitrogens with two attached hydrogens (primary N) is 1. The SMILES string of the molecule is Cc1cccc(NC(=O)c2cc(Br)ccc2N)n1. The summed E-state index contributed by atoms with van der Waals surface area (Å²) in [6.07, 6.45) is 0. The molecule has 1 aromatic heterocycles. The van der Waals surface area contributed by atoms with Gasteiger partial charge in [-0.3, -0.25) is 4.79 Å². The van der Waals surface area contributed by atoms with Gasteiger partial charge in [-0.15, -0.1) is 0 Å². The van der Waals surface area contributed by atoms with Crippen molar-refractivity contribution in [3.8, 4) is 0 Å². The Kier molecular flexibility index (Phi) is 3.62. The number of hydrogen-bond acceptors (Lipinski definition) is 3. The second-order valence-corrected chi connectivity index (χ2v) is 4.77. The molecule has 0 saturated heterocycles. The van der Waals surface area contributed by atoms with Gasteiger partial charge < -0.3 is 11.1 Å². The third-order valence-corrected chi connectivity index (χ3v) is 2.88. The minimum Gasteiger partial charge on any atom is -0.398 e. The normalized spacial score (nSPS) is 10.1. The molecule has 1 aromatic carbocycles. The molecule has 1 heterocycles. The summed E-state index contributed by atoms with van der Waals surface area (Å²) in [6.45, 7) is 1.86. The molecule has 4 nitrogen and oxygen atoms in total. The van der Waals surface area contributed by atoms with Crippen molar-refractivity contribution in [1.29, 1.82) is 0 Å². The van der Waals surface area contributed by atoms with Crippen LogP contribution in [0.5, 0.6) is 0 Å².